The summed E-state index contributed by atoms with van der Waals surface area (Å²) < 4.78 is 0. The first kappa shape index (κ1) is 12.3. The Morgan fingerprint density at radius 1 is 1.29 bits per heavy atom. The van der Waals surface area contributed by atoms with Crippen LogP contribution in [0.1, 0.15) is 27.7 Å². The zero-order valence-electron chi connectivity index (χ0n) is 9.86. The monoisotopic (exact) mass is 216 g/mol. The fourth-order valence-electron chi connectivity index (χ4n) is 2.11. The summed E-state index contributed by atoms with van der Waals surface area (Å²) in [6.45, 7) is 12.5. The molecule has 4 unspecified atom stereocenters. The van der Waals surface area contributed by atoms with Crippen molar-refractivity contribution >= 4 is 11.8 Å². The van der Waals surface area contributed by atoms with Crippen molar-refractivity contribution < 1.29 is 0 Å². The summed E-state index contributed by atoms with van der Waals surface area (Å²) in [5.41, 5.74) is 5.72. The summed E-state index contributed by atoms with van der Waals surface area (Å²) in [4.78, 5) is 2.60. The van der Waals surface area contributed by atoms with Gasteiger partial charge in [-0.2, -0.15) is 11.8 Å². The third-order valence-corrected chi connectivity index (χ3v) is 4.45. The quantitative estimate of drug-likeness (QED) is 0.780. The van der Waals surface area contributed by atoms with E-state index in [-0.39, 0.29) is 0 Å². The minimum atomic E-state index is 0.609. The van der Waals surface area contributed by atoms with E-state index in [4.69, 9.17) is 5.73 Å². The molecule has 0 bridgehead atoms. The van der Waals surface area contributed by atoms with Crippen molar-refractivity contribution in [2.45, 2.75) is 44.2 Å². The normalized spacial score (nSPS) is 34.1. The molecule has 1 fully saturated rings. The highest BCUT2D eigenvalue weighted by atomic mass is 32.2. The maximum Gasteiger partial charge on any atom is 0.0149 e. The van der Waals surface area contributed by atoms with Gasteiger partial charge in [0.25, 0.3) is 0 Å². The molecule has 0 spiro atoms. The maximum atomic E-state index is 5.72. The summed E-state index contributed by atoms with van der Waals surface area (Å²) in [5, 5.41) is 1.54. The average molecular weight is 216 g/mol. The molecule has 0 aromatic heterocycles. The lowest BCUT2D eigenvalue weighted by Crippen LogP contribution is -2.48. The molecule has 3 heteroatoms. The minimum absolute atomic E-state index is 0.609. The first-order valence-electron chi connectivity index (χ1n) is 5.64. The van der Waals surface area contributed by atoms with Crippen LogP contribution in [-0.2, 0) is 0 Å². The summed E-state index contributed by atoms with van der Waals surface area (Å²) in [7, 11) is 0. The second kappa shape index (κ2) is 5.38. The zero-order valence-corrected chi connectivity index (χ0v) is 10.7. The fourth-order valence-corrected chi connectivity index (χ4v) is 3.46. The SMILES string of the molecule is CC1CN(C(C)C(C)CN)CC(C)S1. The molecule has 2 nitrogen and oxygen atoms in total. The predicted octanol–water partition coefficient (Wildman–Crippen LogP) is 1.80. The van der Waals surface area contributed by atoms with E-state index in [0.717, 1.165) is 17.0 Å². The van der Waals surface area contributed by atoms with Crippen molar-refractivity contribution in [2.75, 3.05) is 19.6 Å². The van der Waals surface area contributed by atoms with Gasteiger partial charge in [-0.15, -0.1) is 0 Å². The summed E-state index contributed by atoms with van der Waals surface area (Å²) in [6.07, 6.45) is 0. The van der Waals surface area contributed by atoms with Gasteiger partial charge in [-0.1, -0.05) is 20.8 Å². The molecular formula is C11H24N2S. The van der Waals surface area contributed by atoms with Crippen molar-refractivity contribution in [1.82, 2.24) is 4.90 Å². The van der Waals surface area contributed by atoms with Crippen LogP contribution in [-0.4, -0.2) is 41.1 Å². The minimum Gasteiger partial charge on any atom is -0.330 e. The van der Waals surface area contributed by atoms with Crippen LogP contribution in [0.4, 0.5) is 0 Å². The molecule has 0 radical (unpaired) electrons. The van der Waals surface area contributed by atoms with E-state index < -0.39 is 0 Å². The van der Waals surface area contributed by atoms with E-state index in [1.165, 1.54) is 13.1 Å². The van der Waals surface area contributed by atoms with Gasteiger partial charge in [0.15, 0.2) is 0 Å². The first-order valence-corrected chi connectivity index (χ1v) is 6.58. The van der Waals surface area contributed by atoms with E-state index in [1.54, 1.807) is 0 Å². The van der Waals surface area contributed by atoms with Crippen LogP contribution in [0.25, 0.3) is 0 Å². The molecule has 0 aromatic carbocycles. The largest absolute Gasteiger partial charge is 0.330 e. The highest BCUT2D eigenvalue weighted by molar-refractivity contribution is 8.00. The summed E-state index contributed by atoms with van der Waals surface area (Å²) in [5.74, 6) is 0.609. The Morgan fingerprint density at radius 3 is 2.21 bits per heavy atom. The maximum absolute atomic E-state index is 5.72. The van der Waals surface area contributed by atoms with Gasteiger partial charge in [0.05, 0.1) is 0 Å². The van der Waals surface area contributed by atoms with Crippen molar-refractivity contribution in [3.8, 4) is 0 Å². The molecule has 1 rings (SSSR count). The lowest BCUT2D eigenvalue weighted by atomic mass is 10.0. The van der Waals surface area contributed by atoms with Crippen LogP contribution in [0.2, 0.25) is 0 Å². The molecule has 0 amide bonds. The standard InChI is InChI=1S/C11H24N2S/c1-8(5-12)11(4)13-6-9(2)14-10(3)7-13/h8-11H,5-7,12H2,1-4H3. The lowest BCUT2D eigenvalue weighted by molar-refractivity contribution is 0.162. The summed E-state index contributed by atoms with van der Waals surface area (Å²) >= 11 is 2.11. The van der Waals surface area contributed by atoms with Crippen LogP contribution in [0, 0.1) is 5.92 Å². The van der Waals surface area contributed by atoms with Gasteiger partial charge in [-0.25, -0.2) is 0 Å². The molecule has 0 saturated carbocycles. The molecule has 2 N–H and O–H groups in total. The Balaban J connectivity index is 2.50. The Bertz CT molecular complexity index is 165. The molecule has 0 aromatic rings. The lowest BCUT2D eigenvalue weighted by Gasteiger charge is -2.40. The molecule has 4 atom stereocenters. The zero-order chi connectivity index (χ0) is 10.7. The van der Waals surface area contributed by atoms with Crippen LogP contribution < -0.4 is 5.73 Å². The smallest absolute Gasteiger partial charge is 0.0149 e. The van der Waals surface area contributed by atoms with Gasteiger partial charge < -0.3 is 5.73 Å². The second-order valence-corrected chi connectivity index (χ2v) is 6.55. The third-order valence-electron chi connectivity index (χ3n) is 3.22. The summed E-state index contributed by atoms with van der Waals surface area (Å²) in [6, 6.07) is 0.630. The Morgan fingerprint density at radius 2 is 1.79 bits per heavy atom. The van der Waals surface area contributed by atoms with E-state index in [1.807, 2.05) is 0 Å². The van der Waals surface area contributed by atoms with Crippen LogP contribution in [0.3, 0.4) is 0 Å². The Labute approximate surface area is 92.6 Å². The fraction of sp³-hybridized carbons (Fsp3) is 1.00. The number of nitrogens with two attached hydrogens (primary N) is 1. The van der Waals surface area contributed by atoms with Crippen LogP contribution in [0.5, 0.6) is 0 Å². The third kappa shape index (κ3) is 3.14. The second-order valence-electron chi connectivity index (χ2n) is 4.66. The van der Waals surface area contributed by atoms with Crippen LogP contribution in [0.15, 0.2) is 0 Å². The van der Waals surface area contributed by atoms with Gasteiger partial charge in [-0.05, 0) is 19.4 Å². The van der Waals surface area contributed by atoms with Gasteiger partial charge >= 0.3 is 0 Å². The highest BCUT2D eigenvalue weighted by Gasteiger charge is 2.27. The van der Waals surface area contributed by atoms with E-state index in [2.05, 4.69) is 44.4 Å². The Kier molecular flexibility index (Phi) is 4.74. The molecule has 0 aliphatic carbocycles. The number of rotatable bonds is 3. The highest BCUT2D eigenvalue weighted by Crippen LogP contribution is 2.27. The van der Waals surface area contributed by atoms with E-state index in [9.17, 15) is 0 Å². The van der Waals surface area contributed by atoms with E-state index >= 15 is 0 Å². The van der Waals surface area contributed by atoms with Crippen molar-refractivity contribution in [3.63, 3.8) is 0 Å². The van der Waals surface area contributed by atoms with Gasteiger partial charge in [0.2, 0.25) is 0 Å². The average Bonchev–Trinajstić information content (AvgIpc) is 2.14. The van der Waals surface area contributed by atoms with E-state index in [0.29, 0.717) is 12.0 Å². The Hall–Kier alpha value is 0.270. The molecule has 1 aliphatic rings. The predicted molar refractivity (Wildman–Crippen MR) is 65.8 cm³/mol. The van der Waals surface area contributed by atoms with Gasteiger partial charge in [-0.3, -0.25) is 4.90 Å². The molecule has 84 valence electrons. The van der Waals surface area contributed by atoms with Crippen molar-refractivity contribution in [1.29, 1.82) is 0 Å². The number of hydrogen-bond acceptors (Lipinski definition) is 3. The van der Waals surface area contributed by atoms with Gasteiger partial charge in [0.1, 0.15) is 0 Å². The van der Waals surface area contributed by atoms with Crippen LogP contribution >= 0.6 is 11.8 Å². The number of thioether (sulfide) groups is 1. The first-order chi connectivity index (χ1) is 6.54. The molecule has 1 aliphatic heterocycles. The number of nitrogens with zero attached hydrogens (tertiary/aromatic N) is 1. The van der Waals surface area contributed by atoms with Crippen molar-refractivity contribution in [3.05, 3.63) is 0 Å². The molecule has 1 heterocycles. The molecule has 1 saturated heterocycles. The van der Waals surface area contributed by atoms with Gasteiger partial charge in [0, 0.05) is 29.6 Å². The van der Waals surface area contributed by atoms with Crippen molar-refractivity contribution in [2.24, 2.45) is 11.7 Å². The number of hydrogen-bond donors (Lipinski definition) is 1. The topological polar surface area (TPSA) is 29.3 Å². The molecule has 14 heavy (non-hydrogen) atoms. The molecular weight excluding hydrogens is 192 g/mol.